The minimum atomic E-state index is -0.155. The maximum atomic E-state index is 5.76. The van der Waals surface area contributed by atoms with Crippen LogP contribution in [0.15, 0.2) is 29.6 Å². The van der Waals surface area contributed by atoms with Crippen molar-refractivity contribution in [3.8, 4) is 11.5 Å². The molecular weight excluding hydrogens is 260 g/mol. The van der Waals surface area contributed by atoms with Gasteiger partial charge < -0.3 is 9.47 Å². The number of methoxy groups -OCH3 is 2. The summed E-state index contributed by atoms with van der Waals surface area (Å²) in [6.45, 7) is 2.08. The third-order valence-electron chi connectivity index (χ3n) is 3.13. The number of benzene rings is 1. The zero-order valence-corrected chi connectivity index (χ0v) is 12.1. The maximum absolute atomic E-state index is 5.76. The first kappa shape index (κ1) is 13.9. The molecular formula is C14H18N2O2S. The van der Waals surface area contributed by atoms with Gasteiger partial charge in [-0.2, -0.15) is 0 Å². The Morgan fingerprint density at radius 2 is 1.79 bits per heavy atom. The van der Waals surface area contributed by atoms with Gasteiger partial charge in [0.25, 0.3) is 0 Å². The van der Waals surface area contributed by atoms with Crippen molar-refractivity contribution in [3.63, 3.8) is 0 Å². The zero-order chi connectivity index (χ0) is 13.8. The van der Waals surface area contributed by atoms with E-state index in [0.29, 0.717) is 0 Å². The number of thiophene rings is 1. The quantitative estimate of drug-likeness (QED) is 0.652. The average Bonchev–Trinajstić information content (AvgIpc) is 2.86. The summed E-state index contributed by atoms with van der Waals surface area (Å²) in [5.41, 5.74) is 4.91. The summed E-state index contributed by atoms with van der Waals surface area (Å²) in [4.78, 5) is 1.22. The zero-order valence-electron chi connectivity index (χ0n) is 11.3. The van der Waals surface area contributed by atoms with Crippen LogP contribution in [0.2, 0.25) is 0 Å². The lowest BCUT2D eigenvalue weighted by molar-refractivity contribution is 0.377. The first-order valence-corrected chi connectivity index (χ1v) is 6.81. The second kappa shape index (κ2) is 6.06. The Kier molecular flexibility index (Phi) is 4.42. The van der Waals surface area contributed by atoms with Gasteiger partial charge in [-0.25, -0.2) is 5.43 Å². The molecule has 0 saturated carbocycles. The highest BCUT2D eigenvalue weighted by Gasteiger charge is 2.23. The summed E-state index contributed by atoms with van der Waals surface area (Å²) in [6.07, 6.45) is 0. The largest absolute Gasteiger partial charge is 0.496 e. The number of hydrogen-bond acceptors (Lipinski definition) is 5. The third kappa shape index (κ3) is 2.58. The lowest BCUT2D eigenvalue weighted by Gasteiger charge is -2.21. The minimum Gasteiger partial charge on any atom is -0.496 e. The Labute approximate surface area is 117 Å². The molecule has 2 aromatic rings. The van der Waals surface area contributed by atoms with Crippen LogP contribution in [0.1, 0.15) is 22.0 Å². The van der Waals surface area contributed by atoms with Gasteiger partial charge in [-0.05, 0) is 36.1 Å². The summed E-state index contributed by atoms with van der Waals surface area (Å²) >= 11 is 1.69. The van der Waals surface area contributed by atoms with E-state index in [1.54, 1.807) is 25.6 Å². The standard InChI is InChI=1S/C14H18N2O2S/c1-9-10(7-8-19-9)14(16-15)13-11(17-2)5-4-6-12(13)18-3/h4-8,14,16H,15H2,1-3H3. The monoisotopic (exact) mass is 278 g/mol. The van der Waals surface area contributed by atoms with Gasteiger partial charge in [0.2, 0.25) is 0 Å². The van der Waals surface area contributed by atoms with E-state index >= 15 is 0 Å². The molecule has 0 spiro atoms. The molecule has 1 unspecified atom stereocenters. The Balaban J connectivity index is 2.57. The van der Waals surface area contributed by atoms with Crippen molar-refractivity contribution in [3.05, 3.63) is 45.6 Å². The molecule has 1 aromatic heterocycles. The Hall–Kier alpha value is -1.56. The van der Waals surface area contributed by atoms with E-state index in [1.807, 2.05) is 18.2 Å². The molecule has 3 N–H and O–H groups in total. The molecule has 1 atom stereocenters. The molecule has 0 bridgehead atoms. The Morgan fingerprint density at radius 1 is 1.16 bits per heavy atom. The van der Waals surface area contributed by atoms with Crippen molar-refractivity contribution in [1.29, 1.82) is 0 Å². The molecule has 19 heavy (non-hydrogen) atoms. The van der Waals surface area contributed by atoms with Crippen LogP contribution in [-0.4, -0.2) is 14.2 Å². The topological polar surface area (TPSA) is 56.5 Å². The van der Waals surface area contributed by atoms with E-state index in [4.69, 9.17) is 15.3 Å². The summed E-state index contributed by atoms with van der Waals surface area (Å²) in [5.74, 6) is 7.27. The molecule has 4 nitrogen and oxygen atoms in total. The fraction of sp³-hybridized carbons (Fsp3) is 0.286. The van der Waals surface area contributed by atoms with E-state index in [9.17, 15) is 0 Å². The molecule has 102 valence electrons. The number of hydrogen-bond donors (Lipinski definition) is 2. The summed E-state index contributed by atoms with van der Waals surface area (Å²) < 4.78 is 10.9. The lowest BCUT2D eigenvalue weighted by Crippen LogP contribution is -2.29. The van der Waals surface area contributed by atoms with Crippen molar-refractivity contribution >= 4 is 11.3 Å². The highest BCUT2D eigenvalue weighted by Crippen LogP contribution is 2.38. The molecule has 0 fully saturated rings. The first-order valence-electron chi connectivity index (χ1n) is 5.94. The average molecular weight is 278 g/mol. The molecule has 0 aliphatic rings. The van der Waals surface area contributed by atoms with Gasteiger partial charge in [-0.15, -0.1) is 11.3 Å². The van der Waals surface area contributed by atoms with Crippen LogP contribution in [0, 0.1) is 6.92 Å². The van der Waals surface area contributed by atoms with Crippen LogP contribution in [0.4, 0.5) is 0 Å². The second-order valence-electron chi connectivity index (χ2n) is 4.11. The lowest BCUT2D eigenvalue weighted by atomic mass is 9.98. The van der Waals surface area contributed by atoms with Gasteiger partial charge in [0.1, 0.15) is 11.5 Å². The van der Waals surface area contributed by atoms with Gasteiger partial charge in [-0.1, -0.05) is 6.07 Å². The fourth-order valence-electron chi connectivity index (χ4n) is 2.19. The predicted octanol–water partition coefficient (Wildman–Crippen LogP) is 2.63. The van der Waals surface area contributed by atoms with Crippen LogP contribution in [0.3, 0.4) is 0 Å². The number of aryl methyl sites for hydroxylation is 1. The van der Waals surface area contributed by atoms with Crippen LogP contribution >= 0.6 is 11.3 Å². The maximum Gasteiger partial charge on any atom is 0.127 e. The molecule has 0 aliphatic carbocycles. The van der Waals surface area contributed by atoms with Crippen LogP contribution in [0.5, 0.6) is 11.5 Å². The first-order chi connectivity index (χ1) is 9.22. The van der Waals surface area contributed by atoms with Crippen LogP contribution in [-0.2, 0) is 0 Å². The smallest absolute Gasteiger partial charge is 0.127 e. The van der Waals surface area contributed by atoms with Crippen LogP contribution in [0.25, 0.3) is 0 Å². The van der Waals surface area contributed by atoms with E-state index in [0.717, 1.165) is 22.6 Å². The minimum absolute atomic E-state index is 0.155. The molecule has 0 amide bonds. The van der Waals surface area contributed by atoms with Crippen molar-refractivity contribution in [1.82, 2.24) is 5.43 Å². The van der Waals surface area contributed by atoms with Crippen molar-refractivity contribution in [2.45, 2.75) is 13.0 Å². The van der Waals surface area contributed by atoms with Gasteiger partial charge in [0.15, 0.2) is 0 Å². The van der Waals surface area contributed by atoms with E-state index < -0.39 is 0 Å². The van der Waals surface area contributed by atoms with Crippen molar-refractivity contribution < 1.29 is 9.47 Å². The normalized spacial score (nSPS) is 12.2. The summed E-state index contributed by atoms with van der Waals surface area (Å²) in [6, 6.07) is 7.62. The molecule has 5 heteroatoms. The van der Waals surface area contributed by atoms with E-state index in [-0.39, 0.29) is 6.04 Å². The number of nitrogens with one attached hydrogen (secondary N) is 1. The Bertz CT molecular complexity index is 532. The number of nitrogens with two attached hydrogens (primary N) is 1. The van der Waals surface area contributed by atoms with Gasteiger partial charge in [-0.3, -0.25) is 5.84 Å². The SMILES string of the molecule is COc1cccc(OC)c1C(NN)c1ccsc1C. The van der Waals surface area contributed by atoms with Gasteiger partial charge >= 0.3 is 0 Å². The summed E-state index contributed by atoms with van der Waals surface area (Å²) in [5, 5.41) is 2.05. The van der Waals surface area contributed by atoms with Gasteiger partial charge in [0.05, 0.1) is 25.8 Å². The van der Waals surface area contributed by atoms with E-state index in [1.165, 1.54) is 4.88 Å². The molecule has 0 aliphatic heterocycles. The van der Waals surface area contributed by atoms with Gasteiger partial charge in [0, 0.05) is 4.88 Å². The van der Waals surface area contributed by atoms with Crippen molar-refractivity contribution in [2.75, 3.05) is 14.2 Å². The number of rotatable bonds is 5. The van der Waals surface area contributed by atoms with Crippen LogP contribution < -0.4 is 20.7 Å². The molecule has 1 aromatic carbocycles. The van der Waals surface area contributed by atoms with Crippen molar-refractivity contribution in [2.24, 2.45) is 5.84 Å². The molecule has 0 saturated heterocycles. The van der Waals surface area contributed by atoms with E-state index in [2.05, 4.69) is 23.8 Å². The predicted molar refractivity (Wildman–Crippen MR) is 77.8 cm³/mol. The highest BCUT2D eigenvalue weighted by molar-refractivity contribution is 7.10. The molecule has 1 heterocycles. The fourth-order valence-corrected chi connectivity index (χ4v) is 2.93. The second-order valence-corrected chi connectivity index (χ2v) is 5.23. The summed E-state index contributed by atoms with van der Waals surface area (Å²) in [7, 11) is 3.29. The molecule has 2 rings (SSSR count). The highest BCUT2D eigenvalue weighted by atomic mass is 32.1. The molecule has 0 radical (unpaired) electrons. The third-order valence-corrected chi connectivity index (χ3v) is 3.99. The number of ether oxygens (including phenoxy) is 2. The number of hydrazine groups is 1. The Morgan fingerprint density at radius 3 is 2.21 bits per heavy atom.